The molecule has 5 N–H and O–H groups in total. The highest BCUT2D eigenvalue weighted by atomic mass is 16.4. The van der Waals surface area contributed by atoms with Gasteiger partial charge in [-0.3, -0.25) is 0 Å². The molecule has 0 saturated heterocycles. The molecule has 156 valence electrons. The maximum Gasteiger partial charge on any atom is 0.335 e. The molecule has 0 spiro atoms. The number of anilines is 4. The van der Waals surface area contributed by atoms with E-state index in [1.807, 2.05) is 45.9 Å². The Bertz CT molecular complexity index is 1060. The Labute approximate surface area is 175 Å². The molecule has 8 heteroatoms. The van der Waals surface area contributed by atoms with Crippen molar-refractivity contribution in [2.75, 3.05) is 16.4 Å². The normalized spacial score (nSPS) is 11.4. The van der Waals surface area contributed by atoms with Gasteiger partial charge in [-0.1, -0.05) is 32.0 Å². The molecule has 0 saturated carbocycles. The fraction of sp³-hybridized carbons (Fsp3) is 0.273. The van der Waals surface area contributed by atoms with Crippen LogP contribution in [0.4, 0.5) is 23.3 Å². The first-order valence-electron chi connectivity index (χ1n) is 9.64. The zero-order valence-electron chi connectivity index (χ0n) is 17.5. The van der Waals surface area contributed by atoms with Crippen LogP contribution >= 0.6 is 0 Å². The highest BCUT2D eigenvalue weighted by Crippen LogP contribution is 2.26. The second kappa shape index (κ2) is 8.36. The van der Waals surface area contributed by atoms with Crippen molar-refractivity contribution >= 4 is 29.2 Å². The second-order valence-electron chi connectivity index (χ2n) is 7.88. The van der Waals surface area contributed by atoms with Crippen LogP contribution in [0.3, 0.4) is 0 Å². The Morgan fingerprint density at radius 3 is 2.40 bits per heavy atom. The third kappa shape index (κ3) is 5.02. The lowest BCUT2D eigenvalue weighted by Gasteiger charge is -2.27. The molecule has 0 bridgehead atoms. The van der Waals surface area contributed by atoms with Crippen molar-refractivity contribution in [1.29, 1.82) is 0 Å². The molecular weight excluding hydrogens is 380 g/mol. The Morgan fingerprint density at radius 2 is 1.73 bits per heavy atom. The number of nitrogens with two attached hydrogens (primary N) is 1. The molecule has 3 rings (SSSR count). The van der Waals surface area contributed by atoms with E-state index >= 15 is 0 Å². The molecule has 2 aromatic carbocycles. The lowest BCUT2D eigenvalue weighted by molar-refractivity contribution is 0.0696. The molecule has 0 unspecified atom stereocenters. The molecule has 0 fully saturated rings. The number of benzene rings is 2. The van der Waals surface area contributed by atoms with Gasteiger partial charge in [-0.15, -0.1) is 0 Å². The number of aromatic nitrogens is 3. The number of aromatic carboxylic acids is 1. The summed E-state index contributed by atoms with van der Waals surface area (Å²) < 4.78 is 0. The highest BCUT2D eigenvalue weighted by molar-refractivity contribution is 5.87. The summed E-state index contributed by atoms with van der Waals surface area (Å²) in [5.74, 6) is 0.550. The lowest BCUT2D eigenvalue weighted by Crippen LogP contribution is -2.30. The van der Waals surface area contributed by atoms with Gasteiger partial charge < -0.3 is 21.5 Å². The first kappa shape index (κ1) is 21.0. The van der Waals surface area contributed by atoms with Crippen LogP contribution in [0.25, 0.3) is 0 Å². The van der Waals surface area contributed by atoms with E-state index in [0.717, 1.165) is 11.3 Å². The minimum atomic E-state index is -0.969. The number of carboxylic acids is 1. The van der Waals surface area contributed by atoms with Gasteiger partial charge >= 0.3 is 5.97 Å². The maximum absolute atomic E-state index is 11.3. The first-order chi connectivity index (χ1) is 14.1. The van der Waals surface area contributed by atoms with Crippen LogP contribution in [0.5, 0.6) is 0 Å². The number of hydrogen-bond donors (Lipinski definition) is 4. The van der Waals surface area contributed by atoms with Crippen molar-refractivity contribution in [3.63, 3.8) is 0 Å². The van der Waals surface area contributed by atoms with Crippen molar-refractivity contribution in [2.24, 2.45) is 0 Å². The van der Waals surface area contributed by atoms with E-state index in [0.29, 0.717) is 23.4 Å². The van der Waals surface area contributed by atoms with Gasteiger partial charge in [0.15, 0.2) is 0 Å². The topological polar surface area (TPSA) is 126 Å². The van der Waals surface area contributed by atoms with E-state index in [9.17, 15) is 9.90 Å². The fourth-order valence-electron chi connectivity index (χ4n) is 2.90. The van der Waals surface area contributed by atoms with Crippen molar-refractivity contribution in [3.05, 3.63) is 65.5 Å². The quantitative estimate of drug-likeness (QED) is 0.426. The predicted molar refractivity (Wildman–Crippen MR) is 118 cm³/mol. The SMILES string of the molecule is CC(C)c1nc(Nc2cccc(N)c2)nc(NC(C)(C)c2cccc(C(=O)O)c2)n1. The predicted octanol–water partition coefficient (Wildman–Crippen LogP) is 4.37. The number of carboxylic acid groups (broad SMARTS) is 1. The van der Waals surface area contributed by atoms with E-state index in [-0.39, 0.29) is 11.5 Å². The number of nitrogens with zero attached hydrogens (tertiary/aromatic N) is 3. The molecule has 0 aliphatic rings. The molecule has 8 nitrogen and oxygen atoms in total. The molecule has 3 aromatic rings. The number of nitrogen functional groups attached to an aromatic ring is 1. The van der Waals surface area contributed by atoms with Gasteiger partial charge in [0, 0.05) is 17.3 Å². The average molecular weight is 406 g/mol. The van der Waals surface area contributed by atoms with Crippen LogP contribution in [0, 0.1) is 0 Å². The zero-order chi connectivity index (χ0) is 21.9. The molecule has 0 atom stereocenters. The molecule has 0 amide bonds. The fourth-order valence-corrected chi connectivity index (χ4v) is 2.90. The molecule has 1 heterocycles. The highest BCUT2D eigenvalue weighted by Gasteiger charge is 2.23. The molecule has 0 aliphatic heterocycles. The van der Waals surface area contributed by atoms with E-state index in [2.05, 4.69) is 25.6 Å². The monoisotopic (exact) mass is 406 g/mol. The largest absolute Gasteiger partial charge is 0.478 e. The summed E-state index contributed by atoms with van der Waals surface area (Å²) in [6.45, 7) is 7.89. The van der Waals surface area contributed by atoms with Gasteiger partial charge in [0.1, 0.15) is 5.82 Å². The number of carbonyl (C=O) groups is 1. The molecule has 30 heavy (non-hydrogen) atoms. The van der Waals surface area contributed by atoms with E-state index in [1.165, 1.54) is 0 Å². The van der Waals surface area contributed by atoms with Gasteiger partial charge in [-0.25, -0.2) is 4.79 Å². The van der Waals surface area contributed by atoms with Crippen molar-refractivity contribution in [1.82, 2.24) is 15.0 Å². The van der Waals surface area contributed by atoms with Crippen molar-refractivity contribution in [3.8, 4) is 0 Å². The number of hydrogen-bond acceptors (Lipinski definition) is 7. The van der Waals surface area contributed by atoms with Crippen molar-refractivity contribution < 1.29 is 9.90 Å². The van der Waals surface area contributed by atoms with Crippen LogP contribution in [-0.4, -0.2) is 26.0 Å². The Hall–Kier alpha value is -3.68. The number of rotatable bonds is 7. The first-order valence-corrected chi connectivity index (χ1v) is 9.64. The van der Waals surface area contributed by atoms with Gasteiger partial charge in [0.05, 0.1) is 11.1 Å². The second-order valence-corrected chi connectivity index (χ2v) is 7.88. The van der Waals surface area contributed by atoms with E-state index in [1.54, 1.807) is 30.3 Å². The van der Waals surface area contributed by atoms with Gasteiger partial charge in [0.25, 0.3) is 0 Å². The minimum Gasteiger partial charge on any atom is -0.478 e. The Morgan fingerprint density at radius 1 is 1.03 bits per heavy atom. The average Bonchev–Trinajstić information content (AvgIpc) is 2.67. The van der Waals surface area contributed by atoms with Gasteiger partial charge in [-0.05, 0) is 49.7 Å². The van der Waals surface area contributed by atoms with Gasteiger partial charge in [0.2, 0.25) is 11.9 Å². The van der Waals surface area contributed by atoms with Crippen LogP contribution < -0.4 is 16.4 Å². The van der Waals surface area contributed by atoms with Crippen LogP contribution in [-0.2, 0) is 5.54 Å². The summed E-state index contributed by atoms with van der Waals surface area (Å²) >= 11 is 0. The van der Waals surface area contributed by atoms with Crippen LogP contribution in [0.2, 0.25) is 0 Å². The smallest absolute Gasteiger partial charge is 0.335 e. The minimum absolute atomic E-state index is 0.0911. The lowest BCUT2D eigenvalue weighted by atomic mass is 9.93. The third-order valence-electron chi connectivity index (χ3n) is 4.57. The Balaban J connectivity index is 1.93. The maximum atomic E-state index is 11.3. The molecule has 1 aromatic heterocycles. The zero-order valence-corrected chi connectivity index (χ0v) is 17.5. The molecular formula is C22H26N6O2. The van der Waals surface area contributed by atoms with Crippen LogP contribution in [0.15, 0.2) is 48.5 Å². The molecule has 0 radical (unpaired) electrons. The molecule has 0 aliphatic carbocycles. The summed E-state index contributed by atoms with van der Waals surface area (Å²) in [6, 6.07) is 14.1. The summed E-state index contributed by atoms with van der Waals surface area (Å²) in [7, 11) is 0. The Kier molecular flexibility index (Phi) is 5.86. The van der Waals surface area contributed by atoms with Crippen LogP contribution in [0.1, 0.15) is 55.4 Å². The van der Waals surface area contributed by atoms with Gasteiger partial charge in [-0.2, -0.15) is 15.0 Å². The van der Waals surface area contributed by atoms with E-state index < -0.39 is 11.5 Å². The van der Waals surface area contributed by atoms with E-state index in [4.69, 9.17) is 5.73 Å². The third-order valence-corrected chi connectivity index (χ3v) is 4.57. The standard InChI is InChI=1S/C22H26N6O2/c1-13(2)18-25-20(24-17-10-6-9-16(23)12-17)27-21(26-18)28-22(3,4)15-8-5-7-14(11-15)19(29)30/h5-13H,23H2,1-4H3,(H,29,30)(H2,24,25,26,27,28). The summed E-state index contributed by atoms with van der Waals surface area (Å²) in [4.78, 5) is 24.9. The summed E-state index contributed by atoms with van der Waals surface area (Å²) in [5, 5.41) is 15.8. The number of nitrogens with one attached hydrogen (secondary N) is 2. The summed E-state index contributed by atoms with van der Waals surface area (Å²) in [5.41, 5.74) is 7.68. The summed E-state index contributed by atoms with van der Waals surface area (Å²) in [6.07, 6.45) is 0. The van der Waals surface area contributed by atoms with Crippen molar-refractivity contribution in [2.45, 2.75) is 39.2 Å².